The molecular weight excluding hydrogens is 200 g/mol. The molecule has 0 aliphatic carbocycles. The zero-order valence-electron chi connectivity index (χ0n) is 8.97. The maximum atomic E-state index is 8.76. The molecule has 0 amide bonds. The molecule has 0 heterocycles. The predicted molar refractivity (Wildman–Crippen MR) is 64.5 cm³/mol. The molecule has 2 rings (SSSR count). The van der Waals surface area contributed by atoms with Crippen molar-refractivity contribution < 1.29 is 9.84 Å². The molecule has 2 aromatic carbocycles. The summed E-state index contributed by atoms with van der Waals surface area (Å²) in [5, 5.41) is 8.76. The van der Waals surface area contributed by atoms with E-state index in [0.29, 0.717) is 6.61 Å². The Labute approximate surface area is 95.1 Å². The van der Waals surface area contributed by atoms with Crippen LogP contribution in [0, 0.1) is 0 Å². The minimum absolute atomic E-state index is 0.0309. The monoisotopic (exact) mass is 214 g/mol. The first-order chi connectivity index (χ1) is 7.92. The number of benzene rings is 2. The smallest absolute Gasteiger partial charge is 0.127 e. The molecular formula is C14H14O2. The Balaban J connectivity index is 2.33. The molecule has 0 radical (unpaired) electrons. The van der Waals surface area contributed by atoms with Crippen LogP contribution in [-0.4, -0.2) is 18.3 Å². The average molecular weight is 214 g/mol. The predicted octanol–water partition coefficient (Wildman–Crippen LogP) is 2.72. The van der Waals surface area contributed by atoms with Crippen LogP contribution in [-0.2, 0) is 0 Å². The molecule has 2 aromatic rings. The van der Waals surface area contributed by atoms with Crippen LogP contribution in [0.2, 0.25) is 0 Å². The summed E-state index contributed by atoms with van der Waals surface area (Å²) in [6.45, 7) is 0.354. The highest BCUT2D eigenvalue weighted by Gasteiger charge is 2.04. The van der Waals surface area contributed by atoms with Gasteiger partial charge in [0.1, 0.15) is 12.4 Å². The highest BCUT2D eigenvalue weighted by molar-refractivity contribution is 5.70. The average Bonchev–Trinajstić information content (AvgIpc) is 2.38. The van der Waals surface area contributed by atoms with Crippen LogP contribution in [0.4, 0.5) is 0 Å². The van der Waals surface area contributed by atoms with Crippen molar-refractivity contribution in [1.29, 1.82) is 0 Å². The van der Waals surface area contributed by atoms with Gasteiger partial charge < -0.3 is 9.84 Å². The van der Waals surface area contributed by atoms with Crippen LogP contribution in [0.25, 0.3) is 11.1 Å². The summed E-state index contributed by atoms with van der Waals surface area (Å²) in [6, 6.07) is 17.9. The van der Waals surface area contributed by atoms with Gasteiger partial charge in [0, 0.05) is 5.56 Å². The van der Waals surface area contributed by atoms with E-state index < -0.39 is 0 Å². The highest BCUT2D eigenvalue weighted by atomic mass is 16.5. The maximum Gasteiger partial charge on any atom is 0.127 e. The summed E-state index contributed by atoms with van der Waals surface area (Å²) < 4.78 is 5.49. The molecule has 0 aromatic heterocycles. The fourth-order valence-corrected chi connectivity index (χ4v) is 1.60. The minimum Gasteiger partial charge on any atom is -0.491 e. The fraction of sp³-hybridized carbons (Fsp3) is 0.143. The van der Waals surface area contributed by atoms with E-state index in [9.17, 15) is 0 Å². The van der Waals surface area contributed by atoms with Gasteiger partial charge in [0.05, 0.1) is 6.61 Å². The van der Waals surface area contributed by atoms with Crippen molar-refractivity contribution in [2.75, 3.05) is 13.2 Å². The van der Waals surface area contributed by atoms with E-state index in [1.807, 2.05) is 54.6 Å². The van der Waals surface area contributed by atoms with Gasteiger partial charge in [-0.05, 0) is 11.6 Å². The zero-order chi connectivity index (χ0) is 11.2. The van der Waals surface area contributed by atoms with E-state index in [0.717, 1.165) is 16.9 Å². The van der Waals surface area contributed by atoms with Gasteiger partial charge in [0.25, 0.3) is 0 Å². The van der Waals surface area contributed by atoms with E-state index in [4.69, 9.17) is 9.84 Å². The summed E-state index contributed by atoms with van der Waals surface area (Å²) in [6.07, 6.45) is 0. The lowest BCUT2D eigenvalue weighted by molar-refractivity contribution is 0.202. The molecule has 0 saturated heterocycles. The Hall–Kier alpha value is -1.80. The Bertz CT molecular complexity index is 437. The normalized spacial score (nSPS) is 10.1. The number of rotatable bonds is 4. The number of hydrogen-bond acceptors (Lipinski definition) is 2. The van der Waals surface area contributed by atoms with Crippen molar-refractivity contribution in [3.63, 3.8) is 0 Å². The van der Waals surface area contributed by atoms with Crippen LogP contribution in [0.3, 0.4) is 0 Å². The topological polar surface area (TPSA) is 29.5 Å². The molecule has 0 spiro atoms. The molecule has 0 saturated carbocycles. The number of aliphatic hydroxyl groups excluding tert-OH is 1. The summed E-state index contributed by atoms with van der Waals surface area (Å²) >= 11 is 0. The highest BCUT2D eigenvalue weighted by Crippen LogP contribution is 2.29. The quantitative estimate of drug-likeness (QED) is 0.848. The SMILES string of the molecule is OCCOc1ccccc1-c1ccccc1. The lowest BCUT2D eigenvalue weighted by Crippen LogP contribution is -2.02. The molecule has 0 atom stereocenters. The van der Waals surface area contributed by atoms with Crippen LogP contribution in [0.15, 0.2) is 54.6 Å². The maximum absolute atomic E-state index is 8.76. The number of para-hydroxylation sites is 1. The Morgan fingerprint density at radius 2 is 1.56 bits per heavy atom. The second kappa shape index (κ2) is 5.33. The molecule has 0 fully saturated rings. The lowest BCUT2D eigenvalue weighted by atomic mass is 10.1. The number of aliphatic hydroxyl groups is 1. The third kappa shape index (κ3) is 2.41. The van der Waals surface area contributed by atoms with Crippen LogP contribution >= 0.6 is 0 Å². The second-order valence-electron chi connectivity index (χ2n) is 3.43. The Morgan fingerprint density at radius 3 is 2.31 bits per heavy atom. The molecule has 1 N–H and O–H groups in total. The molecule has 2 nitrogen and oxygen atoms in total. The summed E-state index contributed by atoms with van der Waals surface area (Å²) in [5.41, 5.74) is 2.17. The molecule has 0 bridgehead atoms. The van der Waals surface area contributed by atoms with Crippen molar-refractivity contribution in [2.45, 2.75) is 0 Å². The summed E-state index contributed by atoms with van der Waals surface area (Å²) in [4.78, 5) is 0. The number of ether oxygens (including phenoxy) is 1. The van der Waals surface area contributed by atoms with Gasteiger partial charge in [-0.25, -0.2) is 0 Å². The van der Waals surface area contributed by atoms with Crippen molar-refractivity contribution in [2.24, 2.45) is 0 Å². The Kier molecular flexibility index (Phi) is 3.57. The largest absolute Gasteiger partial charge is 0.491 e. The first kappa shape index (κ1) is 10.7. The van der Waals surface area contributed by atoms with E-state index in [1.165, 1.54) is 0 Å². The van der Waals surface area contributed by atoms with Crippen molar-refractivity contribution in [1.82, 2.24) is 0 Å². The minimum atomic E-state index is 0.0309. The van der Waals surface area contributed by atoms with Gasteiger partial charge in [-0.15, -0.1) is 0 Å². The van der Waals surface area contributed by atoms with E-state index >= 15 is 0 Å². The molecule has 0 unspecified atom stereocenters. The number of hydrogen-bond donors (Lipinski definition) is 1. The van der Waals surface area contributed by atoms with E-state index in [2.05, 4.69) is 0 Å². The molecule has 0 aliphatic rings. The van der Waals surface area contributed by atoms with Gasteiger partial charge in [0.2, 0.25) is 0 Å². The molecule has 2 heteroatoms. The zero-order valence-corrected chi connectivity index (χ0v) is 8.97. The first-order valence-electron chi connectivity index (χ1n) is 5.30. The van der Waals surface area contributed by atoms with Crippen LogP contribution < -0.4 is 4.74 Å². The molecule has 82 valence electrons. The second-order valence-corrected chi connectivity index (χ2v) is 3.43. The van der Waals surface area contributed by atoms with Crippen molar-refractivity contribution in [3.8, 4) is 16.9 Å². The third-order valence-electron chi connectivity index (χ3n) is 2.32. The van der Waals surface area contributed by atoms with Crippen LogP contribution in [0.5, 0.6) is 5.75 Å². The van der Waals surface area contributed by atoms with Gasteiger partial charge in [-0.3, -0.25) is 0 Å². The standard InChI is InChI=1S/C14H14O2/c15-10-11-16-14-9-5-4-8-13(14)12-6-2-1-3-7-12/h1-9,15H,10-11H2. The first-order valence-corrected chi connectivity index (χ1v) is 5.30. The van der Waals surface area contributed by atoms with Gasteiger partial charge in [-0.2, -0.15) is 0 Å². The third-order valence-corrected chi connectivity index (χ3v) is 2.32. The van der Waals surface area contributed by atoms with Gasteiger partial charge >= 0.3 is 0 Å². The van der Waals surface area contributed by atoms with E-state index in [1.54, 1.807) is 0 Å². The fourth-order valence-electron chi connectivity index (χ4n) is 1.60. The van der Waals surface area contributed by atoms with E-state index in [-0.39, 0.29) is 6.61 Å². The van der Waals surface area contributed by atoms with Gasteiger partial charge in [-0.1, -0.05) is 48.5 Å². The molecule has 0 aliphatic heterocycles. The Morgan fingerprint density at radius 1 is 0.875 bits per heavy atom. The summed E-state index contributed by atoms with van der Waals surface area (Å²) in [7, 11) is 0. The summed E-state index contributed by atoms with van der Waals surface area (Å²) in [5.74, 6) is 0.808. The van der Waals surface area contributed by atoms with Crippen molar-refractivity contribution in [3.05, 3.63) is 54.6 Å². The lowest BCUT2D eigenvalue weighted by Gasteiger charge is -2.10. The molecule has 16 heavy (non-hydrogen) atoms. The van der Waals surface area contributed by atoms with Crippen molar-refractivity contribution >= 4 is 0 Å². The van der Waals surface area contributed by atoms with Crippen LogP contribution in [0.1, 0.15) is 0 Å². The van der Waals surface area contributed by atoms with Gasteiger partial charge in [0.15, 0.2) is 0 Å².